The van der Waals surface area contributed by atoms with E-state index in [1.165, 1.54) is 0 Å². The van der Waals surface area contributed by atoms with Crippen LogP contribution in [0.15, 0.2) is 38.3 Å². The summed E-state index contributed by atoms with van der Waals surface area (Å²) in [6.07, 6.45) is -1.82. The molecule has 2 fully saturated rings. The molecule has 7 rings (SSSR count). The molecule has 3 aromatic heterocycles. The van der Waals surface area contributed by atoms with Gasteiger partial charge in [-0.2, -0.15) is 18.3 Å². The number of aromatic nitrogens is 5. The van der Waals surface area contributed by atoms with E-state index in [1.54, 1.807) is 21.7 Å². The molecule has 1 saturated heterocycles. The highest BCUT2D eigenvalue weighted by Gasteiger charge is 2.65. The molecule has 1 aliphatic carbocycles. The van der Waals surface area contributed by atoms with Crippen molar-refractivity contribution in [2.75, 3.05) is 19.6 Å². The van der Waals surface area contributed by atoms with Crippen LogP contribution in [0.25, 0.3) is 22.1 Å². The molecule has 5 heterocycles. The zero-order valence-electron chi connectivity index (χ0n) is 22.0. The Labute approximate surface area is 252 Å². The quantitative estimate of drug-likeness (QED) is 0.317. The average Bonchev–Trinajstić information content (AvgIpc) is 3.38. The van der Waals surface area contributed by atoms with Crippen LogP contribution in [0, 0.1) is 5.41 Å². The minimum Gasteiger partial charge on any atom is -0.343 e. The van der Waals surface area contributed by atoms with Crippen LogP contribution in [0.5, 0.6) is 0 Å². The summed E-state index contributed by atoms with van der Waals surface area (Å²) >= 11 is 6.95. The van der Waals surface area contributed by atoms with Gasteiger partial charge in [0.05, 0.1) is 10.9 Å². The number of hydrogen-bond acceptors (Lipinski definition) is 5. The zero-order valence-corrected chi connectivity index (χ0v) is 25.1. The van der Waals surface area contributed by atoms with E-state index in [2.05, 4.69) is 52.0 Å². The maximum Gasteiger partial charge on any atom is 0.406 e. The van der Waals surface area contributed by atoms with Gasteiger partial charge < -0.3 is 9.80 Å². The number of nitrogens with zero attached hydrogens (tertiary/aromatic N) is 5. The number of piperidine rings is 1. The number of H-pyrrole nitrogens is 2. The third-order valence-corrected chi connectivity index (χ3v) is 10.1. The maximum atomic E-state index is 13.8. The Kier molecular flexibility index (Phi) is 6.35. The number of aromatic amines is 2. The Hall–Kier alpha value is -3.20. The molecule has 1 saturated carbocycles. The molecule has 0 unspecified atom stereocenters. The number of carbonyl (C=O) groups excluding carboxylic acids is 2. The summed E-state index contributed by atoms with van der Waals surface area (Å²) in [6, 6.07) is 5.27. The lowest BCUT2D eigenvalue weighted by atomic mass is 9.91. The van der Waals surface area contributed by atoms with Crippen LogP contribution >= 0.6 is 31.9 Å². The molecule has 3 aliphatic rings. The summed E-state index contributed by atoms with van der Waals surface area (Å²) in [7, 11) is 0. The Morgan fingerprint density at radius 1 is 1.19 bits per heavy atom. The van der Waals surface area contributed by atoms with Crippen LogP contribution in [0.4, 0.5) is 13.2 Å². The minimum absolute atomic E-state index is 0.131. The van der Waals surface area contributed by atoms with Gasteiger partial charge in [-0.3, -0.25) is 24.2 Å². The Balaban J connectivity index is 1.16. The molecule has 10 nitrogen and oxygen atoms in total. The number of likely N-dealkylation sites (tertiary alicyclic amines) is 1. The molecule has 15 heteroatoms. The standard InChI is InChI=1S/C27H24Br2F3N7O3/c28-17-8-14-15(20-21(17)35-36-22(20)29)11-38(12-27(30,31)32)24(41)26(9-16(14)26)10-19(40)37-6-3-13(4-7-37)39-18-2-1-5-33-23(18)34-25(39)42/h1-2,5,8,13,16H,3-4,6-7,9-12H2,(H,35,36)(H,33,34,42)/t16-,26+/m1/s1. The van der Waals surface area contributed by atoms with Crippen molar-refractivity contribution in [3.8, 4) is 0 Å². The monoisotopic (exact) mass is 709 g/mol. The topological polar surface area (TPSA) is 120 Å². The van der Waals surface area contributed by atoms with Crippen LogP contribution in [0.3, 0.4) is 0 Å². The van der Waals surface area contributed by atoms with Gasteiger partial charge in [0.2, 0.25) is 11.8 Å². The number of amides is 2. The van der Waals surface area contributed by atoms with Gasteiger partial charge in [0.15, 0.2) is 5.65 Å². The van der Waals surface area contributed by atoms with Gasteiger partial charge >= 0.3 is 11.9 Å². The fourth-order valence-corrected chi connectivity index (χ4v) is 7.95. The smallest absolute Gasteiger partial charge is 0.343 e. The largest absolute Gasteiger partial charge is 0.406 e. The average molecular weight is 711 g/mol. The van der Waals surface area contributed by atoms with Gasteiger partial charge in [0, 0.05) is 54.1 Å². The Bertz CT molecular complexity index is 1830. The lowest BCUT2D eigenvalue weighted by Gasteiger charge is -2.34. The number of carbonyl (C=O) groups is 2. The molecular formula is C27H24Br2F3N7O3. The van der Waals surface area contributed by atoms with E-state index < -0.39 is 24.0 Å². The molecule has 2 aliphatic heterocycles. The first-order valence-corrected chi connectivity index (χ1v) is 15.1. The summed E-state index contributed by atoms with van der Waals surface area (Å²) < 4.78 is 43.9. The van der Waals surface area contributed by atoms with Gasteiger partial charge in [-0.1, -0.05) is 0 Å². The number of alkyl halides is 3. The van der Waals surface area contributed by atoms with Crippen molar-refractivity contribution in [1.29, 1.82) is 0 Å². The maximum absolute atomic E-state index is 13.8. The molecule has 0 spiro atoms. The number of imidazole rings is 1. The molecule has 1 aromatic carbocycles. The van der Waals surface area contributed by atoms with Crippen LogP contribution in [-0.4, -0.2) is 72.2 Å². The van der Waals surface area contributed by atoms with E-state index in [-0.39, 0.29) is 36.5 Å². The van der Waals surface area contributed by atoms with Crippen molar-refractivity contribution >= 4 is 65.7 Å². The van der Waals surface area contributed by atoms with E-state index in [0.717, 1.165) is 10.5 Å². The number of halogens is 5. The van der Waals surface area contributed by atoms with Gasteiger partial charge in [0.25, 0.3) is 0 Å². The summed E-state index contributed by atoms with van der Waals surface area (Å²) in [5.74, 6) is -1.30. The van der Waals surface area contributed by atoms with Crippen molar-refractivity contribution in [2.45, 2.75) is 50.4 Å². The Morgan fingerprint density at radius 3 is 2.69 bits per heavy atom. The fourth-order valence-electron chi connectivity index (χ4n) is 6.90. The van der Waals surface area contributed by atoms with E-state index >= 15 is 0 Å². The SMILES string of the molecule is O=C(C[C@@]12C[C@@H]1c1cc(Br)c3n[nH]c(Br)c3c1CN(CC(F)(F)F)C2=O)N1CCC(n2c(=O)[nH]c3ncccc32)CC1. The van der Waals surface area contributed by atoms with E-state index in [0.29, 0.717) is 69.1 Å². The second kappa shape index (κ2) is 9.66. The molecule has 0 radical (unpaired) electrons. The van der Waals surface area contributed by atoms with Crippen LogP contribution in [0.1, 0.15) is 48.8 Å². The lowest BCUT2D eigenvalue weighted by Crippen LogP contribution is -2.45. The van der Waals surface area contributed by atoms with Gasteiger partial charge in [-0.05, 0) is 80.4 Å². The predicted molar refractivity (Wildman–Crippen MR) is 153 cm³/mol. The summed E-state index contributed by atoms with van der Waals surface area (Å²) in [4.78, 5) is 49.6. The number of nitrogens with one attached hydrogen (secondary N) is 2. The third kappa shape index (κ3) is 4.38. The highest BCUT2D eigenvalue weighted by atomic mass is 79.9. The van der Waals surface area contributed by atoms with Gasteiger partial charge in [-0.15, -0.1) is 0 Å². The predicted octanol–water partition coefficient (Wildman–Crippen LogP) is 4.76. The number of pyridine rings is 1. The van der Waals surface area contributed by atoms with E-state index in [4.69, 9.17) is 0 Å². The third-order valence-electron chi connectivity index (χ3n) is 8.90. The first kappa shape index (κ1) is 27.6. The first-order valence-electron chi connectivity index (χ1n) is 13.5. The van der Waals surface area contributed by atoms with E-state index in [1.807, 2.05) is 12.1 Å². The molecule has 4 aromatic rings. The fraction of sp³-hybridized carbons (Fsp3) is 0.444. The highest BCUT2D eigenvalue weighted by molar-refractivity contribution is 9.11. The minimum atomic E-state index is -4.60. The molecule has 2 atom stereocenters. The summed E-state index contributed by atoms with van der Waals surface area (Å²) in [5, 5.41) is 7.70. The van der Waals surface area contributed by atoms with Crippen molar-refractivity contribution in [2.24, 2.45) is 5.41 Å². The first-order chi connectivity index (χ1) is 20.0. The summed E-state index contributed by atoms with van der Waals surface area (Å²) in [6.45, 7) is -0.897. The molecule has 42 heavy (non-hydrogen) atoms. The zero-order chi connectivity index (χ0) is 29.6. The van der Waals surface area contributed by atoms with Crippen molar-refractivity contribution in [3.05, 3.63) is 55.1 Å². The van der Waals surface area contributed by atoms with Gasteiger partial charge in [-0.25, -0.2) is 9.78 Å². The normalized spacial score (nSPS) is 22.9. The van der Waals surface area contributed by atoms with Crippen LogP contribution in [-0.2, 0) is 16.1 Å². The molecule has 0 bridgehead atoms. The highest BCUT2D eigenvalue weighted by Crippen LogP contribution is 2.65. The van der Waals surface area contributed by atoms with Gasteiger partial charge in [0.1, 0.15) is 16.7 Å². The van der Waals surface area contributed by atoms with Crippen molar-refractivity contribution < 1.29 is 22.8 Å². The second-order valence-corrected chi connectivity index (χ2v) is 13.0. The summed E-state index contributed by atoms with van der Waals surface area (Å²) in [5.41, 5.74) is 1.61. The molecule has 220 valence electrons. The molecule has 2 amide bonds. The molecular weight excluding hydrogens is 687 g/mol. The number of hydrogen-bond donors (Lipinski definition) is 2. The van der Waals surface area contributed by atoms with Crippen molar-refractivity contribution in [3.63, 3.8) is 0 Å². The lowest BCUT2D eigenvalue weighted by molar-refractivity contribution is -0.166. The number of benzene rings is 1. The second-order valence-electron chi connectivity index (χ2n) is 11.3. The number of rotatable bonds is 4. The van der Waals surface area contributed by atoms with E-state index in [9.17, 15) is 27.6 Å². The van der Waals surface area contributed by atoms with Crippen LogP contribution in [0.2, 0.25) is 0 Å². The number of fused-ring (bicyclic) bond motifs is 6. The van der Waals surface area contributed by atoms with Crippen molar-refractivity contribution in [1.82, 2.24) is 34.5 Å². The molecule has 2 N–H and O–H groups in total. The Morgan fingerprint density at radius 2 is 1.95 bits per heavy atom. The van der Waals surface area contributed by atoms with Crippen LogP contribution < -0.4 is 5.69 Å².